The minimum atomic E-state index is -0.497. The highest BCUT2D eigenvalue weighted by Crippen LogP contribution is 2.41. The molecule has 1 saturated heterocycles. The van der Waals surface area contributed by atoms with Gasteiger partial charge in [0, 0.05) is 18.9 Å². The van der Waals surface area contributed by atoms with Crippen LogP contribution in [0, 0.1) is 5.92 Å². The summed E-state index contributed by atoms with van der Waals surface area (Å²) in [7, 11) is 0. The molecule has 0 aromatic rings. The molecule has 1 aliphatic heterocycles. The normalized spacial score (nSPS) is 21.2. The van der Waals surface area contributed by atoms with E-state index in [4.69, 9.17) is 14.2 Å². The highest BCUT2D eigenvalue weighted by Gasteiger charge is 2.44. The van der Waals surface area contributed by atoms with Crippen molar-refractivity contribution in [3.8, 4) is 0 Å². The Kier molecular flexibility index (Phi) is 6.89. The van der Waals surface area contributed by atoms with E-state index in [0.717, 1.165) is 31.8 Å². The van der Waals surface area contributed by atoms with Crippen molar-refractivity contribution in [2.75, 3.05) is 26.4 Å². The van der Waals surface area contributed by atoms with Gasteiger partial charge in [0.25, 0.3) is 0 Å². The Hall–Kier alpha value is -1.56. The van der Waals surface area contributed by atoms with Crippen molar-refractivity contribution in [3.63, 3.8) is 0 Å². The minimum Gasteiger partial charge on any atom is -0.461 e. The number of amides is 1. The lowest BCUT2D eigenvalue weighted by molar-refractivity contribution is -0.137. The van der Waals surface area contributed by atoms with Crippen molar-refractivity contribution < 1.29 is 23.8 Å². The molecule has 0 atom stereocenters. The van der Waals surface area contributed by atoms with Crippen molar-refractivity contribution in [2.24, 2.45) is 5.92 Å². The number of hydrogen-bond acceptors (Lipinski definition) is 5. The van der Waals surface area contributed by atoms with Crippen molar-refractivity contribution in [2.45, 2.75) is 50.5 Å². The van der Waals surface area contributed by atoms with E-state index in [1.165, 1.54) is 19.3 Å². The van der Waals surface area contributed by atoms with Crippen LogP contribution in [0.2, 0.25) is 0 Å². The first-order valence-electron chi connectivity index (χ1n) is 8.50. The molecule has 2 fully saturated rings. The van der Waals surface area contributed by atoms with Gasteiger partial charge in [-0.15, -0.1) is 0 Å². The quantitative estimate of drug-likeness (QED) is 0.461. The first-order chi connectivity index (χ1) is 11.2. The Bertz CT molecular complexity index is 411. The van der Waals surface area contributed by atoms with E-state index in [1.54, 1.807) is 0 Å². The molecule has 0 radical (unpaired) electrons. The third-order valence-corrected chi connectivity index (χ3v) is 4.77. The van der Waals surface area contributed by atoms with Crippen LogP contribution in [0.25, 0.3) is 0 Å². The molecule has 2 rings (SSSR count). The van der Waals surface area contributed by atoms with Crippen molar-refractivity contribution >= 4 is 12.1 Å². The van der Waals surface area contributed by atoms with Crippen LogP contribution in [-0.2, 0) is 19.0 Å². The SMILES string of the molecule is C=CC(=O)OCCNC(=O)OC1(C2CCCCC2)CCOCC1. The Balaban J connectivity index is 1.83. The van der Waals surface area contributed by atoms with Crippen LogP contribution in [-0.4, -0.2) is 44.0 Å². The number of hydrogen-bond donors (Lipinski definition) is 1. The lowest BCUT2D eigenvalue weighted by Gasteiger charge is -2.44. The molecule has 0 aromatic carbocycles. The molecule has 2 aliphatic rings. The molecular weight excluding hydrogens is 298 g/mol. The second-order valence-corrected chi connectivity index (χ2v) is 6.20. The average Bonchev–Trinajstić information content (AvgIpc) is 2.60. The second kappa shape index (κ2) is 8.91. The smallest absolute Gasteiger partial charge is 0.407 e. The Morgan fingerprint density at radius 1 is 1.22 bits per heavy atom. The first-order valence-corrected chi connectivity index (χ1v) is 8.50. The van der Waals surface area contributed by atoms with Gasteiger partial charge in [-0.3, -0.25) is 0 Å². The Morgan fingerprint density at radius 3 is 2.57 bits per heavy atom. The van der Waals surface area contributed by atoms with Crippen molar-refractivity contribution in [1.82, 2.24) is 5.32 Å². The number of carbonyl (C=O) groups excluding carboxylic acids is 2. The molecule has 0 aromatic heterocycles. The molecule has 1 heterocycles. The first kappa shape index (κ1) is 17.8. The van der Waals surface area contributed by atoms with E-state index in [2.05, 4.69) is 11.9 Å². The largest absolute Gasteiger partial charge is 0.461 e. The summed E-state index contributed by atoms with van der Waals surface area (Å²) < 4.78 is 16.1. The van der Waals surface area contributed by atoms with Gasteiger partial charge >= 0.3 is 12.1 Å². The maximum absolute atomic E-state index is 12.1. The van der Waals surface area contributed by atoms with Crippen LogP contribution in [0.4, 0.5) is 4.79 Å². The molecule has 6 nitrogen and oxygen atoms in total. The summed E-state index contributed by atoms with van der Waals surface area (Å²) in [6.45, 7) is 4.94. The van der Waals surface area contributed by atoms with E-state index in [1.807, 2.05) is 0 Å². The molecule has 1 N–H and O–H groups in total. The zero-order chi connectivity index (χ0) is 16.5. The van der Waals surface area contributed by atoms with Crippen LogP contribution in [0.3, 0.4) is 0 Å². The van der Waals surface area contributed by atoms with Gasteiger partial charge in [-0.1, -0.05) is 25.8 Å². The van der Waals surface area contributed by atoms with Crippen LogP contribution < -0.4 is 5.32 Å². The van der Waals surface area contributed by atoms with E-state index < -0.39 is 17.7 Å². The summed E-state index contributed by atoms with van der Waals surface area (Å²) in [5.41, 5.74) is -0.402. The topological polar surface area (TPSA) is 73.9 Å². The second-order valence-electron chi connectivity index (χ2n) is 6.20. The molecule has 0 spiro atoms. The summed E-state index contributed by atoms with van der Waals surface area (Å²) in [5.74, 6) is -0.0761. The minimum absolute atomic E-state index is 0.111. The molecule has 130 valence electrons. The summed E-state index contributed by atoms with van der Waals surface area (Å²) in [5, 5.41) is 2.66. The van der Waals surface area contributed by atoms with Crippen LogP contribution >= 0.6 is 0 Å². The van der Waals surface area contributed by atoms with Crippen LogP contribution in [0.15, 0.2) is 12.7 Å². The fourth-order valence-corrected chi connectivity index (χ4v) is 3.52. The highest BCUT2D eigenvalue weighted by atomic mass is 16.6. The molecule has 0 bridgehead atoms. The summed E-state index contributed by atoms with van der Waals surface area (Å²) >= 11 is 0. The maximum atomic E-state index is 12.1. The predicted octanol–water partition coefficient (Wildman–Crippen LogP) is 2.57. The molecular formula is C17H27NO5. The van der Waals surface area contributed by atoms with Crippen LogP contribution in [0.5, 0.6) is 0 Å². The van der Waals surface area contributed by atoms with Gasteiger partial charge in [0.1, 0.15) is 12.2 Å². The zero-order valence-electron chi connectivity index (χ0n) is 13.7. The third kappa shape index (κ3) is 5.23. The molecule has 23 heavy (non-hydrogen) atoms. The zero-order valence-corrected chi connectivity index (χ0v) is 13.7. The maximum Gasteiger partial charge on any atom is 0.407 e. The van der Waals surface area contributed by atoms with E-state index in [-0.39, 0.29) is 13.2 Å². The number of esters is 1. The summed E-state index contributed by atoms with van der Waals surface area (Å²) in [6, 6.07) is 0. The fourth-order valence-electron chi connectivity index (χ4n) is 3.52. The number of alkyl carbamates (subject to hydrolysis) is 1. The summed E-state index contributed by atoms with van der Waals surface area (Å²) in [4.78, 5) is 23.1. The van der Waals surface area contributed by atoms with E-state index in [0.29, 0.717) is 19.1 Å². The van der Waals surface area contributed by atoms with Gasteiger partial charge < -0.3 is 19.5 Å². The highest BCUT2D eigenvalue weighted by molar-refractivity contribution is 5.81. The standard InChI is InChI=1S/C17H27NO5/c1-2-15(19)22-13-10-18-16(20)23-17(8-11-21-12-9-17)14-6-4-3-5-7-14/h2,14H,1,3-13H2,(H,18,20). The molecule has 6 heteroatoms. The van der Waals surface area contributed by atoms with E-state index >= 15 is 0 Å². The monoisotopic (exact) mass is 325 g/mol. The fraction of sp³-hybridized carbons (Fsp3) is 0.765. The lowest BCUT2D eigenvalue weighted by Crippen LogP contribution is -2.49. The van der Waals surface area contributed by atoms with Crippen molar-refractivity contribution in [1.29, 1.82) is 0 Å². The van der Waals surface area contributed by atoms with Gasteiger partial charge in [0.15, 0.2) is 0 Å². The Morgan fingerprint density at radius 2 is 1.91 bits per heavy atom. The number of nitrogens with one attached hydrogen (secondary N) is 1. The summed E-state index contributed by atoms with van der Waals surface area (Å²) in [6.07, 6.45) is 8.09. The number of ether oxygens (including phenoxy) is 3. The van der Waals surface area contributed by atoms with Gasteiger partial charge in [-0.2, -0.15) is 0 Å². The lowest BCUT2D eigenvalue weighted by atomic mass is 9.73. The van der Waals surface area contributed by atoms with Gasteiger partial charge in [-0.25, -0.2) is 9.59 Å². The predicted molar refractivity (Wildman–Crippen MR) is 85.0 cm³/mol. The van der Waals surface area contributed by atoms with E-state index in [9.17, 15) is 9.59 Å². The average molecular weight is 325 g/mol. The molecule has 1 amide bonds. The number of rotatable bonds is 6. The molecule has 1 aliphatic carbocycles. The van der Waals surface area contributed by atoms with Crippen LogP contribution in [0.1, 0.15) is 44.9 Å². The van der Waals surface area contributed by atoms with Crippen molar-refractivity contribution in [3.05, 3.63) is 12.7 Å². The van der Waals surface area contributed by atoms with Gasteiger partial charge in [0.05, 0.1) is 19.8 Å². The number of carbonyl (C=O) groups is 2. The van der Waals surface area contributed by atoms with Gasteiger partial charge in [0.2, 0.25) is 0 Å². The Labute approximate surface area is 137 Å². The van der Waals surface area contributed by atoms with Gasteiger partial charge in [-0.05, 0) is 18.8 Å². The molecule has 0 unspecified atom stereocenters. The third-order valence-electron chi connectivity index (χ3n) is 4.77. The molecule has 1 saturated carbocycles.